The fourth-order valence-corrected chi connectivity index (χ4v) is 3.98. The molecule has 2 aromatic carbocycles. The monoisotopic (exact) mass is 467 g/mol. The van der Waals surface area contributed by atoms with Crippen LogP contribution < -0.4 is 15.4 Å². The molecule has 3 aromatic rings. The van der Waals surface area contributed by atoms with Gasteiger partial charge in [-0.1, -0.05) is 30.0 Å². The number of carbonyl (C=O) groups excluding carboxylic acids is 2. The van der Waals surface area contributed by atoms with Crippen molar-refractivity contribution in [3.8, 4) is 5.75 Å². The number of ether oxygens (including phenoxy) is 1. The first-order chi connectivity index (χ1) is 15.8. The number of benzene rings is 2. The molecule has 1 heterocycles. The van der Waals surface area contributed by atoms with Gasteiger partial charge in [-0.2, -0.15) is 0 Å². The highest BCUT2D eigenvalue weighted by molar-refractivity contribution is 7.99. The predicted octanol–water partition coefficient (Wildman–Crippen LogP) is 3.59. The van der Waals surface area contributed by atoms with Gasteiger partial charge in [0.2, 0.25) is 11.8 Å². The molecule has 8 nitrogen and oxygen atoms in total. The number of methoxy groups -OCH3 is 1. The highest BCUT2D eigenvalue weighted by Gasteiger charge is 2.18. The fourth-order valence-electron chi connectivity index (χ4n) is 3.26. The van der Waals surface area contributed by atoms with Gasteiger partial charge in [0, 0.05) is 12.7 Å². The summed E-state index contributed by atoms with van der Waals surface area (Å²) in [5, 5.41) is 14.9. The third kappa shape index (κ3) is 6.58. The minimum absolute atomic E-state index is 0.113. The molecule has 0 saturated heterocycles. The molecule has 2 N–H and O–H groups in total. The van der Waals surface area contributed by atoms with Gasteiger partial charge in [-0.15, -0.1) is 10.2 Å². The van der Waals surface area contributed by atoms with Crippen molar-refractivity contribution in [3.05, 3.63) is 65.0 Å². The molecule has 0 bridgehead atoms. The molecule has 0 aliphatic rings. The first-order valence-electron chi connectivity index (χ1n) is 10.6. The molecule has 0 spiro atoms. The second-order valence-corrected chi connectivity index (χ2v) is 8.79. The lowest BCUT2D eigenvalue weighted by Crippen LogP contribution is -2.29. The number of aryl methyl sites for hydroxylation is 2. The van der Waals surface area contributed by atoms with Gasteiger partial charge in [0.15, 0.2) is 11.0 Å². The molecule has 9 heteroatoms. The standard InChI is InChI=1S/C24H29N5O3S/c1-15-6-9-19(12-16(15)2)26-22(31)14-33-24-28-27-23(29(24)4)17(3)25-21(30)13-18-7-10-20(32-5)11-8-18/h6-12,17H,13-14H2,1-5H3,(H,25,30)(H,26,31)/t17-/m1/s1. The quantitative estimate of drug-likeness (QED) is 0.467. The van der Waals surface area contributed by atoms with E-state index in [0.717, 1.165) is 22.6 Å². The van der Waals surface area contributed by atoms with Crippen LogP contribution in [-0.4, -0.2) is 39.4 Å². The molecule has 174 valence electrons. The number of nitrogens with zero attached hydrogens (tertiary/aromatic N) is 3. The summed E-state index contributed by atoms with van der Waals surface area (Å²) in [4.78, 5) is 24.8. The lowest BCUT2D eigenvalue weighted by molar-refractivity contribution is -0.121. The molecule has 0 saturated carbocycles. The molecule has 0 aliphatic carbocycles. The average Bonchev–Trinajstić information content (AvgIpc) is 3.15. The summed E-state index contributed by atoms with van der Waals surface area (Å²) in [5.41, 5.74) is 3.97. The molecule has 0 aliphatic heterocycles. The smallest absolute Gasteiger partial charge is 0.234 e. The maximum Gasteiger partial charge on any atom is 0.234 e. The van der Waals surface area contributed by atoms with Gasteiger partial charge in [0.1, 0.15) is 5.75 Å². The number of thioether (sulfide) groups is 1. The van der Waals surface area contributed by atoms with Gasteiger partial charge in [0.05, 0.1) is 25.3 Å². The van der Waals surface area contributed by atoms with Crippen LogP contribution in [0.3, 0.4) is 0 Å². The normalized spacial score (nSPS) is 11.7. The van der Waals surface area contributed by atoms with Gasteiger partial charge >= 0.3 is 0 Å². The Morgan fingerprint density at radius 2 is 1.79 bits per heavy atom. The van der Waals surface area contributed by atoms with Crippen molar-refractivity contribution in [2.45, 2.75) is 38.4 Å². The Morgan fingerprint density at radius 1 is 1.06 bits per heavy atom. The van der Waals surface area contributed by atoms with Gasteiger partial charge in [-0.3, -0.25) is 9.59 Å². The summed E-state index contributed by atoms with van der Waals surface area (Å²) < 4.78 is 6.94. The minimum Gasteiger partial charge on any atom is -0.497 e. The van der Waals surface area contributed by atoms with E-state index >= 15 is 0 Å². The predicted molar refractivity (Wildman–Crippen MR) is 130 cm³/mol. The molecular weight excluding hydrogens is 438 g/mol. The van der Waals surface area contributed by atoms with E-state index in [4.69, 9.17) is 4.74 Å². The van der Waals surface area contributed by atoms with Crippen LogP contribution in [0.5, 0.6) is 5.75 Å². The van der Waals surface area contributed by atoms with Crippen molar-refractivity contribution in [2.75, 3.05) is 18.2 Å². The van der Waals surface area contributed by atoms with Crippen LogP contribution in [0.15, 0.2) is 47.6 Å². The Kier molecular flexibility index (Phi) is 8.11. The topological polar surface area (TPSA) is 98.1 Å². The van der Waals surface area contributed by atoms with Gasteiger partial charge in [0.25, 0.3) is 0 Å². The Labute approximate surface area is 198 Å². The van der Waals surface area contributed by atoms with Crippen molar-refractivity contribution < 1.29 is 14.3 Å². The molecule has 1 atom stereocenters. The first kappa shape index (κ1) is 24.3. The van der Waals surface area contributed by atoms with Crippen molar-refractivity contribution in [2.24, 2.45) is 7.05 Å². The molecular formula is C24H29N5O3S. The summed E-state index contributed by atoms with van der Waals surface area (Å²) in [6.07, 6.45) is 0.256. The zero-order chi connectivity index (χ0) is 24.0. The van der Waals surface area contributed by atoms with E-state index < -0.39 is 0 Å². The Bertz CT molecular complexity index is 1130. The van der Waals surface area contributed by atoms with Crippen LogP contribution >= 0.6 is 11.8 Å². The van der Waals surface area contributed by atoms with E-state index in [1.165, 1.54) is 17.3 Å². The molecule has 0 radical (unpaired) electrons. The van der Waals surface area contributed by atoms with Gasteiger partial charge < -0.3 is 19.9 Å². The number of anilines is 1. The Hall–Kier alpha value is -3.33. The van der Waals surface area contributed by atoms with Crippen molar-refractivity contribution >= 4 is 29.3 Å². The summed E-state index contributed by atoms with van der Waals surface area (Å²) in [7, 11) is 3.43. The molecule has 0 fully saturated rings. The number of hydrogen-bond donors (Lipinski definition) is 2. The van der Waals surface area contributed by atoms with E-state index in [2.05, 4.69) is 20.8 Å². The van der Waals surface area contributed by atoms with E-state index in [-0.39, 0.29) is 30.0 Å². The number of aromatic nitrogens is 3. The minimum atomic E-state index is -0.327. The largest absolute Gasteiger partial charge is 0.497 e. The molecule has 1 aromatic heterocycles. The SMILES string of the molecule is COc1ccc(CC(=O)N[C@H](C)c2nnc(SCC(=O)Nc3ccc(C)c(C)c3)n2C)cc1. The van der Waals surface area contributed by atoms with Crippen LogP contribution in [0.1, 0.15) is 35.5 Å². The first-order valence-corrected chi connectivity index (χ1v) is 11.6. The summed E-state index contributed by atoms with van der Waals surface area (Å²) in [6.45, 7) is 5.90. The fraction of sp³-hybridized carbons (Fsp3) is 0.333. The Balaban J connectivity index is 1.52. The van der Waals surface area contributed by atoms with Crippen LogP contribution in [0.25, 0.3) is 0 Å². The van der Waals surface area contributed by atoms with Gasteiger partial charge in [-0.05, 0) is 61.7 Å². The summed E-state index contributed by atoms with van der Waals surface area (Å²) in [6, 6.07) is 12.9. The maximum atomic E-state index is 12.4. The number of amides is 2. The van der Waals surface area contributed by atoms with Crippen LogP contribution in [0, 0.1) is 13.8 Å². The van der Waals surface area contributed by atoms with E-state index in [9.17, 15) is 9.59 Å². The lowest BCUT2D eigenvalue weighted by Gasteiger charge is -2.14. The van der Waals surface area contributed by atoms with Crippen molar-refractivity contribution in [1.82, 2.24) is 20.1 Å². The third-order valence-electron chi connectivity index (χ3n) is 5.28. The molecule has 3 rings (SSSR count). The highest BCUT2D eigenvalue weighted by Crippen LogP contribution is 2.20. The number of rotatable bonds is 9. The Morgan fingerprint density at radius 3 is 2.45 bits per heavy atom. The van der Waals surface area contributed by atoms with Crippen LogP contribution in [0.4, 0.5) is 5.69 Å². The maximum absolute atomic E-state index is 12.4. The van der Waals surface area contributed by atoms with Crippen molar-refractivity contribution in [1.29, 1.82) is 0 Å². The van der Waals surface area contributed by atoms with E-state index in [1.54, 1.807) is 11.7 Å². The van der Waals surface area contributed by atoms with E-state index in [0.29, 0.717) is 11.0 Å². The zero-order valence-electron chi connectivity index (χ0n) is 19.5. The van der Waals surface area contributed by atoms with E-state index in [1.807, 2.05) is 70.3 Å². The van der Waals surface area contributed by atoms with Gasteiger partial charge in [-0.25, -0.2) is 0 Å². The number of hydrogen-bond acceptors (Lipinski definition) is 6. The summed E-state index contributed by atoms with van der Waals surface area (Å²) >= 11 is 1.30. The molecule has 0 unspecified atom stereocenters. The molecule has 33 heavy (non-hydrogen) atoms. The van der Waals surface area contributed by atoms with Crippen molar-refractivity contribution in [3.63, 3.8) is 0 Å². The zero-order valence-corrected chi connectivity index (χ0v) is 20.3. The third-order valence-corrected chi connectivity index (χ3v) is 6.30. The molecule has 2 amide bonds. The lowest BCUT2D eigenvalue weighted by atomic mass is 10.1. The number of nitrogens with one attached hydrogen (secondary N) is 2. The second-order valence-electron chi connectivity index (χ2n) is 7.85. The average molecular weight is 468 g/mol. The second kappa shape index (κ2) is 11.0. The summed E-state index contributed by atoms with van der Waals surface area (Å²) in [5.74, 6) is 1.35. The van der Waals surface area contributed by atoms with Crippen LogP contribution in [-0.2, 0) is 23.1 Å². The number of carbonyl (C=O) groups is 2. The van der Waals surface area contributed by atoms with Crippen LogP contribution in [0.2, 0.25) is 0 Å². The highest BCUT2D eigenvalue weighted by atomic mass is 32.2.